The summed E-state index contributed by atoms with van der Waals surface area (Å²) in [7, 11) is 0. The van der Waals surface area contributed by atoms with E-state index in [-0.39, 0.29) is 30.7 Å². The van der Waals surface area contributed by atoms with Crippen molar-refractivity contribution in [2.24, 2.45) is 0 Å². The average Bonchev–Trinajstić information content (AvgIpc) is 3.08. The molecule has 0 spiro atoms. The standard InChI is InChI=1S/C19H29N3O.2ClH/c23-19(11-10-17-8-4-12-20-17)21-18-9-5-13-22(15-18)14-16-6-2-1-3-7-16;;/h1-3,6-7,17-18,20H,4-5,8-15H2,(H,21,23);2*1H. The predicted molar refractivity (Wildman–Crippen MR) is 108 cm³/mol. The zero-order valence-corrected chi connectivity index (χ0v) is 16.4. The van der Waals surface area contributed by atoms with Gasteiger partial charge < -0.3 is 10.6 Å². The van der Waals surface area contributed by atoms with E-state index in [1.54, 1.807) is 0 Å². The minimum absolute atomic E-state index is 0. The molecule has 2 unspecified atom stereocenters. The monoisotopic (exact) mass is 387 g/mol. The number of carbonyl (C=O) groups excluding carboxylic acids is 1. The van der Waals surface area contributed by atoms with Gasteiger partial charge in [-0.3, -0.25) is 9.69 Å². The summed E-state index contributed by atoms with van der Waals surface area (Å²) < 4.78 is 0. The second-order valence-electron chi connectivity index (χ2n) is 6.96. The molecule has 2 aliphatic heterocycles. The molecule has 1 aromatic rings. The van der Waals surface area contributed by atoms with E-state index in [1.807, 2.05) is 0 Å². The normalized spacial score (nSPS) is 23.4. The number of likely N-dealkylation sites (tertiary alicyclic amines) is 1. The predicted octanol–water partition coefficient (Wildman–Crippen LogP) is 3.14. The number of amides is 1. The molecule has 2 saturated heterocycles. The molecule has 0 saturated carbocycles. The first kappa shape index (κ1) is 22.2. The van der Waals surface area contributed by atoms with E-state index in [2.05, 4.69) is 45.9 Å². The van der Waals surface area contributed by atoms with Crippen LogP contribution in [0.25, 0.3) is 0 Å². The molecule has 6 heteroatoms. The fourth-order valence-electron chi connectivity index (χ4n) is 3.77. The van der Waals surface area contributed by atoms with Crippen molar-refractivity contribution in [2.75, 3.05) is 19.6 Å². The summed E-state index contributed by atoms with van der Waals surface area (Å²) >= 11 is 0. The Kier molecular flexibility index (Phi) is 10.4. The number of hydrogen-bond donors (Lipinski definition) is 2. The fraction of sp³-hybridized carbons (Fsp3) is 0.632. The topological polar surface area (TPSA) is 44.4 Å². The van der Waals surface area contributed by atoms with Gasteiger partial charge in [-0.05, 0) is 50.8 Å². The number of hydrogen-bond acceptors (Lipinski definition) is 3. The van der Waals surface area contributed by atoms with Crippen molar-refractivity contribution in [1.82, 2.24) is 15.5 Å². The molecule has 25 heavy (non-hydrogen) atoms. The van der Waals surface area contributed by atoms with E-state index in [4.69, 9.17) is 0 Å². The molecule has 3 rings (SSSR count). The number of carbonyl (C=O) groups is 1. The van der Waals surface area contributed by atoms with Crippen molar-refractivity contribution in [2.45, 2.75) is 57.2 Å². The highest BCUT2D eigenvalue weighted by molar-refractivity contribution is 5.85. The van der Waals surface area contributed by atoms with Crippen LogP contribution in [0.4, 0.5) is 0 Å². The maximum atomic E-state index is 12.2. The van der Waals surface area contributed by atoms with Crippen LogP contribution in [0.15, 0.2) is 30.3 Å². The van der Waals surface area contributed by atoms with Crippen molar-refractivity contribution in [3.05, 3.63) is 35.9 Å². The molecular weight excluding hydrogens is 357 g/mol. The van der Waals surface area contributed by atoms with Gasteiger partial charge in [-0.15, -0.1) is 24.8 Å². The van der Waals surface area contributed by atoms with Crippen LogP contribution in [-0.4, -0.2) is 42.5 Å². The van der Waals surface area contributed by atoms with Crippen LogP contribution in [0.3, 0.4) is 0 Å². The SMILES string of the molecule is Cl.Cl.O=C(CCC1CCCN1)NC1CCCN(Cc2ccccc2)C1. The van der Waals surface area contributed by atoms with Crippen LogP contribution >= 0.6 is 24.8 Å². The Morgan fingerprint density at radius 2 is 1.96 bits per heavy atom. The first-order chi connectivity index (χ1) is 11.3. The molecule has 2 aliphatic rings. The van der Waals surface area contributed by atoms with Gasteiger partial charge in [0.15, 0.2) is 0 Å². The van der Waals surface area contributed by atoms with Gasteiger partial charge >= 0.3 is 0 Å². The van der Waals surface area contributed by atoms with E-state index >= 15 is 0 Å². The minimum Gasteiger partial charge on any atom is -0.352 e. The van der Waals surface area contributed by atoms with E-state index in [0.717, 1.165) is 39.0 Å². The maximum absolute atomic E-state index is 12.2. The Bertz CT molecular complexity index is 495. The Labute approximate surface area is 163 Å². The van der Waals surface area contributed by atoms with Crippen molar-refractivity contribution in [3.8, 4) is 0 Å². The van der Waals surface area contributed by atoms with Crippen LogP contribution in [-0.2, 0) is 11.3 Å². The summed E-state index contributed by atoms with van der Waals surface area (Å²) in [6.45, 7) is 4.21. The number of halogens is 2. The van der Waals surface area contributed by atoms with Gasteiger partial charge in [-0.1, -0.05) is 30.3 Å². The number of benzene rings is 1. The molecule has 4 nitrogen and oxygen atoms in total. The number of nitrogens with one attached hydrogen (secondary N) is 2. The first-order valence-electron chi connectivity index (χ1n) is 9.08. The third-order valence-electron chi connectivity index (χ3n) is 5.00. The van der Waals surface area contributed by atoms with Gasteiger partial charge in [0.25, 0.3) is 0 Å². The van der Waals surface area contributed by atoms with Crippen LogP contribution < -0.4 is 10.6 Å². The highest BCUT2D eigenvalue weighted by Gasteiger charge is 2.22. The molecular formula is C19H31Cl2N3O. The lowest BCUT2D eigenvalue weighted by atomic mass is 10.0. The van der Waals surface area contributed by atoms with E-state index in [9.17, 15) is 4.79 Å². The largest absolute Gasteiger partial charge is 0.352 e. The Balaban J connectivity index is 0.00000156. The Morgan fingerprint density at radius 3 is 2.68 bits per heavy atom. The number of piperidine rings is 1. The quantitative estimate of drug-likeness (QED) is 0.787. The van der Waals surface area contributed by atoms with Crippen LogP contribution in [0.5, 0.6) is 0 Å². The highest BCUT2D eigenvalue weighted by Crippen LogP contribution is 2.15. The molecule has 2 fully saturated rings. The van der Waals surface area contributed by atoms with Gasteiger partial charge in [0.05, 0.1) is 0 Å². The average molecular weight is 388 g/mol. The summed E-state index contributed by atoms with van der Waals surface area (Å²) in [4.78, 5) is 14.6. The lowest BCUT2D eigenvalue weighted by Gasteiger charge is -2.33. The first-order valence-corrected chi connectivity index (χ1v) is 9.08. The second-order valence-corrected chi connectivity index (χ2v) is 6.96. The highest BCUT2D eigenvalue weighted by atomic mass is 35.5. The van der Waals surface area contributed by atoms with Crippen LogP contribution in [0.1, 0.15) is 44.1 Å². The molecule has 1 amide bonds. The fourth-order valence-corrected chi connectivity index (χ4v) is 3.77. The van der Waals surface area contributed by atoms with Crippen molar-refractivity contribution in [3.63, 3.8) is 0 Å². The van der Waals surface area contributed by atoms with Gasteiger partial charge in [-0.2, -0.15) is 0 Å². The summed E-state index contributed by atoms with van der Waals surface area (Å²) in [5.74, 6) is 0.227. The third-order valence-corrected chi connectivity index (χ3v) is 5.00. The zero-order chi connectivity index (χ0) is 15.9. The van der Waals surface area contributed by atoms with Crippen molar-refractivity contribution in [1.29, 1.82) is 0 Å². The van der Waals surface area contributed by atoms with E-state index in [0.29, 0.717) is 18.5 Å². The molecule has 0 aliphatic carbocycles. The lowest BCUT2D eigenvalue weighted by molar-refractivity contribution is -0.122. The van der Waals surface area contributed by atoms with Gasteiger partial charge in [0.1, 0.15) is 0 Å². The summed E-state index contributed by atoms with van der Waals surface area (Å²) in [6, 6.07) is 11.5. The molecule has 1 aromatic carbocycles. The number of rotatable bonds is 6. The lowest BCUT2D eigenvalue weighted by Crippen LogP contribution is -2.47. The van der Waals surface area contributed by atoms with Crippen molar-refractivity contribution < 1.29 is 4.79 Å². The van der Waals surface area contributed by atoms with Gasteiger partial charge in [0.2, 0.25) is 5.91 Å². The molecule has 0 radical (unpaired) electrons. The summed E-state index contributed by atoms with van der Waals surface area (Å²) in [6.07, 6.45) is 6.39. The minimum atomic E-state index is 0. The summed E-state index contributed by atoms with van der Waals surface area (Å²) in [5.41, 5.74) is 1.35. The van der Waals surface area contributed by atoms with E-state index in [1.165, 1.54) is 24.8 Å². The molecule has 2 atom stereocenters. The smallest absolute Gasteiger partial charge is 0.220 e. The van der Waals surface area contributed by atoms with Crippen molar-refractivity contribution >= 4 is 30.7 Å². The molecule has 142 valence electrons. The Hall–Kier alpha value is -0.810. The summed E-state index contributed by atoms with van der Waals surface area (Å²) in [5, 5.41) is 6.71. The van der Waals surface area contributed by atoms with Gasteiger partial charge in [0, 0.05) is 31.6 Å². The van der Waals surface area contributed by atoms with Gasteiger partial charge in [-0.25, -0.2) is 0 Å². The third kappa shape index (κ3) is 7.53. The van der Waals surface area contributed by atoms with Crippen LogP contribution in [0.2, 0.25) is 0 Å². The molecule has 0 aromatic heterocycles. The molecule has 2 heterocycles. The second kappa shape index (κ2) is 11.7. The van der Waals surface area contributed by atoms with Crippen LogP contribution in [0, 0.1) is 0 Å². The maximum Gasteiger partial charge on any atom is 0.220 e. The zero-order valence-electron chi connectivity index (χ0n) is 14.8. The van der Waals surface area contributed by atoms with E-state index < -0.39 is 0 Å². The molecule has 0 bridgehead atoms. The Morgan fingerprint density at radius 1 is 1.16 bits per heavy atom. The number of nitrogens with zero attached hydrogens (tertiary/aromatic N) is 1. The molecule has 2 N–H and O–H groups in total.